The van der Waals surface area contributed by atoms with Gasteiger partial charge in [0.25, 0.3) is 0 Å². The topological polar surface area (TPSA) is 38.8 Å². The first kappa shape index (κ1) is 22.5. The van der Waals surface area contributed by atoms with Crippen molar-refractivity contribution in [3.63, 3.8) is 0 Å². The Bertz CT molecular complexity index is 1300. The molecule has 0 saturated carbocycles. The van der Waals surface area contributed by atoms with Crippen molar-refractivity contribution in [1.29, 1.82) is 0 Å². The Morgan fingerprint density at radius 1 is 1.12 bits per heavy atom. The van der Waals surface area contributed by atoms with E-state index in [1.54, 1.807) is 12.1 Å². The summed E-state index contributed by atoms with van der Waals surface area (Å²) >= 11 is 15.8. The number of benzene rings is 3. The third-order valence-electron chi connectivity index (χ3n) is 5.91. The molecule has 5 rings (SSSR count). The number of rotatable bonds is 4. The molecule has 0 aliphatic carbocycles. The van der Waals surface area contributed by atoms with Crippen LogP contribution in [0.4, 0.5) is 0 Å². The molecule has 3 aromatic carbocycles. The molecular formula is C26H20BrCl2NO3. The highest BCUT2D eigenvalue weighted by Gasteiger charge is 2.33. The van der Waals surface area contributed by atoms with Crippen LogP contribution in [0, 0.1) is 6.92 Å². The van der Waals surface area contributed by atoms with E-state index in [1.807, 2.05) is 49.4 Å². The molecule has 0 aromatic heterocycles. The van der Waals surface area contributed by atoms with Crippen LogP contribution in [0.25, 0.3) is 6.08 Å². The zero-order chi connectivity index (χ0) is 23.1. The van der Waals surface area contributed by atoms with E-state index in [0.717, 1.165) is 45.4 Å². The number of fused-ring (bicyclic) bond motifs is 2. The molecule has 2 aliphatic rings. The Morgan fingerprint density at radius 3 is 2.73 bits per heavy atom. The van der Waals surface area contributed by atoms with Gasteiger partial charge in [-0.3, -0.25) is 9.69 Å². The molecule has 0 spiro atoms. The number of halogens is 3. The van der Waals surface area contributed by atoms with E-state index in [-0.39, 0.29) is 5.78 Å². The smallest absolute Gasteiger partial charge is 0.231 e. The molecule has 0 amide bonds. The maximum absolute atomic E-state index is 13.1. The SMILES string of the molecule is Cc1c2c(cc3c1O/C(=C\c1ccccc1Br)C3=O)CN(CCc1ccc(Cl)cc1Cl)CO2. The van der Waals surface area contributed by atoms with E-state index in [2.05, 4.69) is 20.8 Å². The molecule has 0 atom stereocenters. The quantitative estimate of drug-likeness (QED) is 0.329. The highest BCUT2D eigenvalue weighted by molar-refractivity contribution is 9.10. The Morgan fingerprint density at radius 2 is 1.94 bits per heavy atom. The summed E-state index contributed by atoms with van der Waals surface area (Å²) in [7, 11) is 0. The summed E-state index contributed by atoms with van der Waals surface area (Å²) in [6, 6.07) is 15.2. The lowest BCUT2D eigenvalue weighted by Crippen LogP contribution is -2.34. The van der Waals surface area contributed by atoms with Gasteiger partial charge in [0.2, 0.25) is 5.78 Å². The Balaban J connectivity index is 1.36. The van der Waals surface area contributed by atoms with Gasteiger partial charge in [0.1, 0.15) is 18.2 Å². The van der Waals surface area contributed by atoms with Gasteiger partial charge in [-0.2, -0.15) is 0 Å². The molecule has 3 aromatic rings. The number of nitrogens with zero attached hydrogens (tertiary/aromatic N) is 1. The van der Waals surface area contributed by atoms with Gasteiger partial charge in [-0.25, -0.2) is 0 Å². The number of Topliss-reactive ketones (excluding diaryl/α,β-unsaturated/α-hetero) is 1. The molecule has 4 nitrogen and oxygen atoms in total. The average molecular weight is 545 g/mol. The zero-order valence-corrected chi connectivity index (χ0v) is 20.9. The van der Waals surface area contributed by atoms with Crippen molar-refractivity contribution in [2.45, 2.75) is 19.9 Å². The van der Waals surface area contributed by atoms with E-state index >= 15 is 0 Å². The third-order valence-corrected chi connectivity index (χ3v) is 7.22. The predicted molar refractivity (Wildman–Crippen MR) is 134 cm³/mol. The Hall–Kier alpha value is -2.31. The number of hydrogen-bond donors (Lipinski definition) is 0. The lowest BCUT2D eigenvalue weighted by atomic mass is 10.00. The summed E-state index contributed by atoms with van der Waals surface area (Å²) in [6.07, 6.45) is 2.55. The molecule has 33 heavy (non-hydrogen) atoms. The molecule has 2 heterocycles. The number of hydrogen-bond acceptors (Lipinski definition) is 4. The molecule has 0 bridgehead atoms. The van der Waals surface area contributed by atoms with Gasteiger partial charge >= 0.3 is 0 Å². The largest absolute Gasteiger partial charge is 0.477 e. The van der Waals surface area contributed by atoms with Crippen LogP contribution in [0.2, 0.25) is 10.0 Å². The summed E-state index contributed by atoms with van der Waals surface area (Å²) in [4.78, 5) is 15.3. The second-order valence-electron chi connectivity index (χ2n) is 8.14. The fourth-order valence-electron chi connectivity index (χ4n) is 4.18. The van der Waals surface area contributed by atoms with E-state index in [1.165, 1.54) is 0 Å². The monoisotopic (exact) mass is 543 g/mol. The number of allylic oxidation sites excluding steroid dienone is 1. The van der Waals surface area contributed by atoms with Crippen LogP contribution < -0.4 is 9.47 Å². The fourth-order valence-corrected chi connectivity index (χ4v) is 5.08. The molecule has 7 heteroatoms. The van der Waals surface area contributed by atoms with Gasteiger partial charge in [-0.15, -0.1) is 0 Å². The molecule has 0 unspecified atom stereocenters. The standard InChI is InChI=1S/C26H20BrCl2NO3/c1-15-25-18(13-30(14-32-25)9-8-16-6-7-19(28)12-22(16)29)10-20-24(31)23(33-26(15)20)11-17-4-2-3-5-21(17)27/h2-7,10-12H,8-9,13-14H2,1H3/b23-11-. The number of ether oxygens (including phenoxy) is 2. The first-order valence-electron chi connectivity index (χ1n) is 10.5. The van der Waals surface area contributed by atoms with Gasteiger partial charge in [0, 0.05) is 38.7 Å². The first-order chi connectivity index (χ1) is 15.9. The molecule has 0 radical (unpaired) electrons. The van der Waals surface area contributed by atoms with Crippen LogP contribution >= 0.6 is 39.1 Å². The average Bonchev–Trinajstić information content (AvgIpc) is 3.10. The van der Waals surface area contributed by atoms with Crippen molar-refractivity contribution < 1.29 is 14.3 Å². The van der Waals surface area contributed by atoms with E-state index in [9.17, 15) is 4.79 Å². The van der Waals surface area contributed by atoms with E-state index < -0.39 is 0 Å². The van der Waals surface area contributed by atoms with Crippen LogP contribution in [-0.4, -0.2) is 24.0 Å². The highest BCUT2D eigenvalue weighted by atomic mass is 79.9. The minimum Gasteiger partial charge on any atom is -0.477 e. The fraction of sp³-hybridized carbons (Fsp3) is 0.192. The summed E-state index contributed by atoms with van der Waals surface area (Å²) in [5.41, 5.74) is 4.35. The van der Waals surface area contributed by atoms with E-state index in [0.29, 0.717) is 40.4 Å². The second-order valence-corrected chi connectivity index (χ2v) is 9.84. The van der Waals surface area contributed by atoms with E-state index in [4.69, 9.17) is 32.7 Å². The molecule has 2 aliphatic heterocycles. The van der Waals surface area contributed by atoms with Crippen molar-refractivity contribution in [1.82, 2.24) is 4.90 Å². The summed E-state index contributed by atoms with van der Waals surface area (Å²) in [5, 5.41) is 1.30. The van der Waals surface area contributed by atoms with Gasteiger partial charge in [0.15, 0.2) is 5.76 Å². The van der Waals surface area contributed by atoms with Gasteiger partial charge in [0.05, 0.1) is 5.56 Å². The van der Waals surface area contributed by atoms with Crippen LogP contribution in [0.5, 0.6) is 11.5 Å². The lowest BCUT2D eigenvalue weighted by molar-refractivity contribution is 0.0954. The maximum atomic E-state index is 13.1. The molecule has 168 valence electrons. The van der Waals surface area contributed by atoms with Crippen molar-refractivity contribution >= 4 is 51.0 Å². The van der Waals surface area contributed by atoms with Crippen molar-refractivity contribution in [3.8, 4) is 11.5 Å². The maximum Gasteiger partial charge on any atom is 0.231 e. The Kier molecular flexibility index (Phi) is 6.23. The van der Waals surface area contributed by atoms with Crippen molar-refractivity contribution in [2.24, 2.45) is 0 Å². The van der Waals surface area contributed by atoms with Crippen LogP contribution in [-0.2, 0) is 13.0 Å². The second kappa shape index (κ2) is 9.15. The van der Waals surface area contributed by atoms with Crippen LogP contribution in [0.15, 0.2) is 58.8 Å². The third kappa shape index (κ3) is 4.43. The van der Waals surface area contributed by atoms with Gasteiger partial charge in [-0.1, -0.05) is 63.4 Å². The Labute approximate surface area is 210 Å². The summed E-state index contributed by atoms with van der Waals surface area (Å²) < 4.78 is 13.0. The molecule has 0 fully saturated rings. The molecular weight excluding hydrogens is 525 g/mol. The predicted octanol–water partition coefficient (Wildman–Crippen LogP) is 7.08. The summed E-state index contributed by atoms with van der Waals surface area (Å²) in [6.45, 7) is 3.86. The summed E-state index contributed by atoms with van der Waals surface area (Å²) in [5.74, 6) is 1.58. The van der Waals surface area contributed by atoms with Crippen LogP contribution in [0.3, 0.4) is 0 Å². The highest BCUT2D eigenvalue weighted by Crippen LogP contribution is 2.43. The van der Waals surface area contributed by atoms with Crippen molar-refractivity contribution in [3.05, 3.63) is 96.6 Å². The first-order valence-corrected chi connectivity index (χ1v) is 12.1. The minimum absolute atomic E-state index is 0.114. The lowest BCUT2D eigenvalue weighted by Gasteiger charge is -2.30. The molecule has 0 saturated heterocycles. The number of ketones is 1. The van der Waals surface area contributed by atoms with Crippen LogP contribution in [0.1, 0.15) is 32.6 Å². The number of carbonyl (C=O) groups excluding carboxylic acids is 1. The minimum atomic E-state index is -0.114. The number of carbonyl (C=O) groups is 1. The van der Waals surface area contributed by atoms with Gasteiger partial charge in [-0.05, 0) is 54.8 Å². The van der Waals surface area contributed by atoms with Gasteiger partial charge < -0.3 is 9.47 Å². The van der Waals surface area contributed by atoms with Crippen molar-refractivity contribution in [2.75, 3.05) is 13.3 Å². The normalized spacial score (nSPS) is 16.4. The molecule has 0 N–H and O–H groups in total. The zero-order valence-electron chi connectivity index (χ0n) is 17.8.